The second-order valence-corrected chi connectivity index (χ2v) is 11.5. The van der Waals surface area contributed by atoms with Crippen LogP contribution in [-0.4, -0.2) is 35.0 Å². The van der Waals surface area contributed by atoms with E-state index in [1.807, 2.05) is 45.2 Å². The minimum atomic E-state index is -4.35. The van der Waals surface area contributed by atoms with E-state index in [2.05, 4.69) is 39.0 Å². The number of aromatic nitrogens is 1. The summed E-state index contributed by atoms with van der Waals surface area (Å²) in [5.41, 5.74) is 5.59. The molecule has 4 nitrogen and oxygen atoms in total. The summed E-state index contributed by atoms with van der Waals surface area (Å²) in [4.78, 5) is 14.6. The number of nitrogens with zero attached hydrogens (tertiary/aromatic N) is 2. The Morgan fingerprint density at radius 3 is 2.37 bits per heavy atom. The van der Waals surface area contributed by atoms with E-state index in [-0.39, 0.29) is 11.8 Å². The molecule has 2 heterocycles. The third-order valence-corrected chi connectivity index (χ3v) is 8.34. The van der Waals surface area contributed by atoms with Crippen molar-refractivity contribution in [2.45, 2.75) is 51.6 Å². The number of hydrogen-bond acceptors (Lipinski definition) is 2. The van der Waals surface area contributed by atoms with Crippen LogP contribution >= 0.6 is 0 Å². The van der Waals surface area contributed by atoms with Crippen LogP contribution in [0.1, 0.15) is 55.7 Å². The summed E-state index contributed by atoms with van der Waals surface area (Å²) in [6.45, 7) is 6.81. The molecule has 1 aliphatic heterocycles. The van der Waals surface area contributed by atoms with E-state index in [1.165, 1.54) is 23.3 Å². The van der Waals surface area contributed by atoms with Gasteiger partial charge >= 0.3 is 6.18 Å². The molecule has 7 heteroatoms. The summed E-state index contributed by atoms with van der Waals surface area (Å²) in [5, 5.41) is 4.17. The molecule has 0 aliphatic carbocycles. The molecule has 1 amide bonds. The van der Waals surface area contributed by atoms with Gasteiger partial charge < -0.3 is 14.8 Å². The Balaban J connectivity index is 1.23. The quantitative estimate of drug-likeness (QED) is 0.235. The molecule has 0 radical (unpaired) electrons. The molecule has 41 heavy (non-hydrogen) atoms. The van der Waals surface area contributed by atoms with Gasteiger partial charge in [0.2, 0.25) is 5.91 Å². The Kier molecular flexibility index (Phi) is 8.55. The molecule has 1 fully saturated rings. The van der Waals surface area contributed by atoms with Gasteiger partial charge in [0.15, 0.2) is 0 Å². The van der Waals surface area contributed by atoms with E-state index < -0.39 is 11.7 Å². The highest BCUT2D eigenvalue weighted by Crippen LogP contribution is 2.36. The number of para-hydroxylation sites is 1. The maximum Gasteiger partial charge on any atom is 0.416 e. The van der Waals surface area contributed by atoms with Crippen LogP contribution in [0, 0.1) is 5.92 Å². The number of carbonyl (C=O) groups is 1. The second kappa shape index (κ2) is 12.1. The minimum Gasteiger partial charge on any atom is -0.343 e. The van der Waals surface area contributed by atoms with Crippen molar-refractivity contribution in [1.29, 1.82) is 0 Å². The fourth-order valence-corrected chi connectivity index (χ4v) is 6.04. The number of anilines is 1. The maximum atomic E-state index is 13.2. The highest BCUT2D eigenvalue weighted by atomic mass is 19.4. The lowest BCUT2D eigenvalue weighted by atomic mass is 9.89. The predicted molar refractivity (Wildman–Crippen MR) is 160 cm³/mol. The van der Waals surface area contributed by atoms with Gasteiger partial charge in [0.25, 0.3) is 0 Å². The number of alkyl halides is 3. The van der Waals surface area contributed by atoms with E-state index in [9.17, 15) is 18.0 Å². The van der Waals surface area contributed by atoms with E-state index in [4.69, 9.17) is 0 Å². The summed E-state index contributed by atoms with van der Waals surface area (Å²) < 4.78 is 41.6. The standard InChI is InChI=1S/C34H38F3N3O/c1-23(2)33(41)38-28-9-6-8-26(22-28)24-17-20-40(21-18-24)19-7-11-30-29-10-4-5-12-31(29)39(3)32(30)25-13-15-27(16-14-25)34(35,36)37/h4-6,8-10,12-16,22-24H,7,11,17-21H2,1-3H3,(H,38,41). The van der Waals surface area contributed by atoms with E-state index in [1.54, 1.807) is 12.1 Å². The van der Waals surface area contributed by atoms with E-state index in [0.717, 1.165) is 73.2 Å². The first kappa shape index (κ1) is 28.9. The van der Waals surface area contributed by atoms with Crippen molar-refractivity contribution in [1.82, 2.24) is 9.47 Å². The number of carbonyl (C=O) groups excluding carboxylic acids is 1. The first-order valence-electron chi connectivity index (χ1n) is 14.5. The predicted octanol–water partition coefficient (Wildman–Crippen LogP) is 8.27. The topological polar surface area (TPSA) is 37.3 Å². The molecule has 1 aromatic heterocycles. The second-order valence-electron chi connectivity index (χ2n) is 11.5. The molecule has 1 aliphatic rings. The van der Waals surface area contributed by atoms with Gasteiger partial charge in [-0.15, -0.1) is 0 Å². The molecule has 1 saturated heterocycles. The molecule has 0 spiro atoms. The fraction of sp³-hybridized carbons (Fsp3) is 0.382. The molecule has 5 rings (SSSR count). The van der Waals surface area contributed by atoms with Crippen LogP contribution in [0.2, 0.25) is 0 Å². The summed E-state index contributed by atoms with van der Waals surface area (Å²) >= 11 is 0. The highest BCUT2D eigenvalue weighted by Gasteiger charge is 2.30. The molecular formula is C34H38F3N3O. The number of benzene rings is 3. The molecular weight excluding hydrogens is 523 g/mol. The summed E-state index contributed by atoms with van der Waals surface area (Å²) in [7, 11) is 1.99. The molecule has 0 unspecified atom stereocenters. The number of hydrogen-bond donors (Lipinski definition) is 1. The first-order valence-corrected chi connectivity index (χ1v) is 14.5. The van der Waals surface area contributed by atoms with Crippen LogP contribution in [0.15, 0.2) is 72.8 Å². The lowest BCUT2D eigenvalue weighted by molar-refractivity contribution is -0.137. The molecule has 0 atom stereocenters. The number of nitrogens with one attached hydrogen (secondary N) is 1. The minimum absolute atomic E-state index is 0.0321. The fourth-order valence-electron chi connectivity index (χ4n) is 6.04. The van der Waals surface area contributed by atoms with Gasteiger partial charge in [-0.1, -0.05) is 56.3 Å². The van der Waals surface area contributed by atoms with E-state index >= 15 is 0 Å². The lowest BCUT2D eigenvalue weighted by Crippen LogP contribution is -2.33. The summed E-state index contributed by atoms with van der Waals surface area (Å²) in [6.07, 6.45) is -0.363. The third-order valence-electron chi connectivity index (χ3n) is 8.34. The molecule has 1 N–H and O–H groups in total. The summed E-state index contributed by atoms with van der Waals surface area (Å²) in [5.74, 6) is 0.456. The Labute approximate surface area is 240 Å². The van der Waals surface area contributed by atoms with Gasteiger partial charge in [0.05, 0.1) is 11.3 Å². The first-order chi connectivity index (χ1) is 19.6. The van der Waals surface area contributed by atoms with Gasteiger partial charge in [0, 0.05) is 29.6 Å². The highest BCUT2D eigenvalue weighted by molar-refractivity contribution is 5.92. The number of aryl methyl sites for hydroxylation is 2. The number of halogens is 3. The molecule has 216 valence electrons. The van der Waals surface area contributed by atoms with Gasteiger partial charge in [-0.3, -0.25) is 4.79 Å². The Bertz CT molecular complexity index is 1500. The Morgan fingerprint density at radius 2 is 1.68 bits per heavy atom. The third kappa shape index (κ3) is 6.51. The summed E-state index contributed by atoms with van der Waals surface area (Å²) in [6, 6.07) is 22.0. The van der Waals surface area contributed by atoms with Crippen molar-refractivity contribution < 1.29 is 18.0 Å². The molecule has 3 aromatic carbocycles. The maximum absolute atomic E-state index is 13.2. The number of amides is 1. The number of fused-ring (bicyclic) bond motifs is 1. The molecule has 0 bridgehead atoms. The van der Waals surface area contributed by atoms with Gasteiger partial charge in [-0.25, -0.2) is 0 Å². The largest absolute Gasteiger partial charge is 0.416 e. The smallest absolute Gasteiger partial charge is 0.343 e. The SMILES string of the molecule is CC(C)C(=O)Nc1cccc(C2CCN(CCCc3c(-c4ccc(C(F)(F)F)cc4)n(C)c4ccccc34)CC2)c1. The van der Waals surface area contributed by atoms with Crippen molar-refractivity contribution in [3.63, 3.8) is 0 Å². The van der Waals surface area contributed by atoms with Crippen molar-refractivity contribution in [3.8, 4) is 11.3 Å². The number of piperidine rings is 1. The van der Waals surface area contributed by atoms with Crippen LogP contribution in [0.4, 0.5) is 18.9 Å². The Morgan fingerprint density at radius 1 is 0.976 bits per heavy atom. The zero-order valence-corrected chi connectivity index (χ0v) is 24.0. The van der Waals surface area contributed by atoms with Crippen molar-refractivity contribution in [2.75, 3.05) is 25.0 Å². The van der Waals surface area contributed by atoms with Crippen LogP contribution in [0.5, 0.6) is 0 Å². The zero-order valence-electron chi connectivity index (χ0n) is 24.0. The van der Waals surface area contributed by atoms with E-state index in [0.29, 0.717) is 5.92 Å². The normalized spacial score (nSPS) is 15.1. The van der Waals surface area contributed by atoms with Gasteiger partial charge in [0.1, 0.15) is 0 Å². The lowest BCUT2D eigenvalue weighted by Gasteiger charge is -2.32. The van der Waals surface area contributed by atoms with Gasteiger partial charge in [-0.2, -0.15) is 13.2 Å². The number of likely N-dealkylation sites (tertiary alicyclic amines) is 1. The average Bonchev–Trinajstić information content (AvgIpc) is 3.24. The van der Waals surface area contributed by atoms with Crippen LogP contribution in [0.25, 0.3) is 22.2 Å². The Hall–Kier alpha value is -3.58. The molecule has 4 aromatic rings. The monoisotopic (exact) mass is 561 g/mol. The van der Waals surface area contributed by atoms with Crippen molar-refractivity contribution in [3.05, 3.63) is 89.5 Å². The zero-order chi connectivity index (χ0) is 29.1. The van der Waals surface area contributed by atoms with Crippen LogP contribution in [0.3, 0.4) is 0 Å². The van der Waals surface area contributed by atoms with Crippen molar-refractivity contribution >= 4 is 22.5 Å². The van der Waals surface area contributed by atoms with Crippen LogP contribution in [-0.2, 0) is 24.4 Å². The van der Waals surface area contributed by atoms with Crippen LogP contribution < -0.4 is 5.32 Å². The van der Waals surface area contributed by atoms with Crippen molar-refractivity contribution in [2.24, 2.45) is 13.0 Å². The molecule has 0 saturated carbocycles. The van der Waals surface area contributed by atoms with Gasteiger partial charge in [-0.05, 0) is 98.3 Å². The average molecular weight is 562 g/mol. The number of rotatable bonds is 8.